The Bertz CT molecular complexity index is 539. The lowest BCUT2D eigenvalue weighted by Gasteiger charge is -2.36. The molecule has 4 aliphatic rings. The number of hydrogen-bond donors (Lipinski definition) is 2. The number of nitrogens with one attached hydrogen (secondary N) is 2. The van der Waals surface area contributed by atoms with Crippen molar-refractivity contribution in [3.05, 3.63) is 0 Å². The zero-order valence-electron chi connectivity index (χ0n) is 17.5. The molecule has 2 N–H and O–H groups in total. The molecule has 2 aliphatic heterocycles. The van der Waals surface area contributed by atoms with Crippen molar-refractivity contribution in [1.29, 1.82) is 0 Å². The fourth-order valence-electron chi connectivity index (χ4n) is 5.74. The molecular formula is C22H38N4O2. The molecule has 2 amide bonds. The topological polar surface area (TPSA) is 64.7 Å². The maximum Gasteiger partial charge on any atom is 0.239 e. The van der Waals surface area contributed by atoms with Crippen LogP contribution in [0.3, 0.4) is 0 Å². The van der Waals surface area contributed by atoms with Gasteiger partial charge in [-0.1, -0.05) is 19.8 Å². The summed E-state index contributed by atoms with van der Waals surface area (Å²) in [4.78, 5) is 29.5. The summed E-state index contributed by atoms with van der Waals surface area (Å²) >= 11 is 0. The molecule has 0 aromatic heterocycles. The Morgan fingerprint density at radius 1 is 0.964 bits per heavy atom. The summed E-state index contributed by atoms with van der Waals surface area (Å²) in [6, 6.07) is 0.954. The van der Waals surface area contributed by atoms with E-state index in [4.69, 9.17) is 0 Å². The van der Waals surface area contributed by atoms with Crippen LogP contribution in [-0.2, 0) is 9.59 Å². The average molecular weight is 391 g/mol. The molecule has 0 aromatic rings. The van der Waals surface area contributed by atoms with Gasteiger partial charge < -0.3 is 15.5 Å². The fourth-order valence-corrected chi connectivity index (χ4v) is 5.74. The molecule has 4 fully saturated rings. The Morgan fingerprint density at radius 3 is 2.39 bits per heavy atom. The fraction of sp³-hybridized carbons (Fsp3) is 0.909. The normalized spacial score (nSPS) is 36.8. The van der Waals surface area contributed by atoms with Gasteiger partial charge in [-0.05, 0) is 56.8 Å². The SMILES string of the molecule is CC1CCC(NC(=O)CN2CCN(C(=O)C3CC4CCCCC4N3)CC2)CC1. The van der Waals surface area contributed by atoms with Crippen LogP contribution in [0.1, 0.15) is 64.7 Å². The number of carbonyl (C=O) groups excluding carboxylic acids is 2. The van der Waals surface area contributed by atoms with E-state index in [1.54, 1.807) is 0 Å². The third kappa shape index (κ3) is 4.88. The highest BCUT2D eigenvalue weighted by Crippen LogP contribution is 2.33. The zero-order valence-corrected chi connectivity index (χ0v) is 17.5. The second-order valence-corrected chi connectivity index (χ2v) is 9.73. The largest absolute Gasteiger partial charge is 0.352 e. The number of carbonyl (C=O) groups is 2. The summed E-state index contributed by atoms with van der Waals surface area (Å²) in [6.07, 6.45) is 10.8. The van der Waals surface area contributed by atoms with Crippen molar-refractivity contribution in [3.63, 3.8) is 0 Å². The van der Waals surface area contributed by atoms with E-state index >= 15 is 0 Å². The lowest BCUT2D eigenvalue weighted by atomic mass is 9.85. The number of hydrogen-bond acceptors (Lipinski definition) is 4. The Hall–Kier alpha value is -1.14. The monoisotopic (exact) mass is 390 g/mol. The van der Waals surface area contributed by atoms with E-state index in [0.29, 0.717) is 24.5 Å². The third-order valence-corrected chi connectivity index (χ3v) is 7.59. The van der Waals surface area contributed by atoms with Gasteiger partial charge >= 0.3 is 0 Å². The molecule has 4 rings (SSSR count). The quantitative estimate of drug-likeness (QED) is 0.768. The number of nitrogens with zero attached hydrogens (tertiary/aromatic N) is 2. The zero-order chi connectivity index (χ0) is 19.5. The average Bonchev–Trinajstić information content (AvgIpc) is 3.14. The van der Waals surface area contributed by atoms with Crippen LogP contribution in [0.25, 0.3) is 0 Å². The van der Waals surface area contributed by atoms with E-state index in [2.05, 4.69) is 22.5 Å². The second kappa shape index (κ2) is 9.12. The number of piperazine rings is 1. The first-order chi connectivity index (χ1) is 13.6. The van der Waals surface area contributed by atoms with E-state index in [1.165, 1.54) is 38.5 Å². The molecule has 0 spiro atoms. The van der Waals surface area contributed by atoms with Crippen LogP contribution in [-0.4, -0.2) is 72.5 Å². The molecule has 3 unspecified atom stereocenters. The molecule has 6 heteroatoms. The molecule has 3 atom stereocenters. The van der Waals surface area contributed by atoms with Gasteiger partial charge in [0, 0.05) is 38.3 Å². The van der Waals surface area contributed by atoms with Crippen LogP contribution in [0.4, 0.5) is 0 Å². The van der Waals surface area contributed by atoms with Crippen molar-refractivity contribution in [3.8, 4) is 0 Å². The highest BCUT2D eigenvalue weighted by molar-refractivity contribution is 5.82. The van der Waals surface area contributed by atoms with Gasteiger partial charge in [-0.2, -0.15) is 0 Å². The first-order valence-corrected chi connectivity index (χ1v) is 11.6. The molecule has 6 nitrogen and oxygen atoms in total. The van der Waals surface area contributed by atoms with Gasteiger partial charge in [-0.3, -0.25) is 14.5 Å². The predicted molar refractivity (Wildman–Crippen MR) is 110 cm³/mol. The standard InChI is InChI=1S/C22H38N4O2/c1-16-6-8-18(9-7-16)23-21(27)15-25-10-12-26(13-11-25)22(28)20-14-17-4-2-3-5-19(17)24-20/h16-20,24H,2-15H2,1H3,(H,23,27). The number of amides is 2. The van der Waals surface area contributed by atoms with E-state index in [1.807, 2.05) is 4.90 Å². The second-order valence-electron chi connectivity index (χ2n) is 9.73. The molecule has 0 aromatic carbocycles. The van der Waals surface area contributed by atoms with Crippen molar-refractivity contribution in [2.75, 3.05) is 32.7 Å². The summed E-state index contributed by atoms with van der Waals surface area (Å²) in [5.41, 5.74) is 0. The first kappa shape index (κ1) is 20.1. The summed E-state index contributed by atoms with van der Waals surface area (Å²) < 4.78 is 0. The summed E-state index contributed by atoms with van der Waals surface area (Å²) in [5, 5.41) is 6.84. The lowest BCUT2D eigenvalue weighted by Crippen LogP contribution is -2.55. The predicted octanol–water partition coefficient (Wildman–Crippen LogP) is 1.75. The van der Waals surface area contributed by atoms with Crippen LogP contribution < -0.4 is 10.6 Å². The Kier molecular flexibility index (Phi) is 6.56. The first-order valence-electron chi connectivity index (χ1n) is 11.6. The van der Waals surface area contributed by atoms with Gasteiger partial charge in [-0.25, -0.2) is 0 Å². The smallest absolute Gasteiger partial charge is 0.239 e. The van der Waals surface area contributed by atoms with E-state index in [-0.39, 0.29) is 17.9 Å². The summed E-state index contributed by atoms with van der Waals surface area (Å²) in [7, 11) is 0. The van der Waals surface area contributed by atoms with Crippen LogP contribution in [0.2, 0.25) is 0 Å². The molecule has 2 saturated carbocycles. The van der Waals surface area contributed by atoms with Crippen LogP contribution in [0, 0.1) is 11.8 Å². The van der Waals surface area contributed by atoms with E-state index in [0.717, 1.165) is 51.4 Å². The number of fused-ring (bicyclic) bond motifs is 1. The molecule has 28 heavy (non-hydrogen) atoms. The highest BCUT2D eigenvalue weighted by Gasteiger charge is 2.40. The van der Waals surface area contributed by atoms with Gasteiger partial charge in [0.1, 0.15) is 0 Å². The van der Waals surface area contributed by atoms with Gasteiger partial charge in [0.2, 0.25) is 11.8 Å². The minimum Gasteiger partial charge on any atom is -0.352 e. The van der Waals surface area contributed by atoms with Crippen LogP contribution in [0.5, 0.6) is 0 Å². The molecule has 2 aliphatic carbocycles. The van der Waals surface area contributed by atoms with Crippen molar-refractivity contribution in [2.24, 2.45) is 11.8 Å². The van der Waals surface area contributed by atoms with Crippen molar-refractivity contribution in [2.45, 2.75) is 82.8 Å². The summed E-state index contributed by atoms with van der Waals surface area (Å²) in [6.45, 7) is 5.88. The Labute approximate surface area is 169 Å². The third-order valence-electron chi connectivity index (χ3n) is 7.59. The van der Waals surface area contributed by atoms with E-state index in [9.17, 15) is 9.59 Å². The molecule has 2 saturated heterocycles. The minimum atomic E-state index is 0.0247. The van der Waals surface area contributed by atoms with Crippen LogP contribution >= 0.6 is 0 Å². The molecular weight excluding hydrogens is 352 g/mol. The van der Waals surface area contributed by atoms with Gasteiger partial charge in [0.05, 0.1) is 12.6 Å². The van der Waals surface area contributed by atoms with Crippen molar-refractivity contribution in [1.82, 2.24) is 20.4 Å². The minimum absolute atomic E-state index is 0.0247. The van der Waals surface area contributed by atoms with Crippen molar-refractivity contribution >= 4 is 11.8 Å². The van der Waals surface area contributed by atoms with Crippen LogP contribution in [0.15, 0.2) is 0 Å². The highest BCUT2D eigenvalue weighted by atomic mass is 16.2. The van der Waals surface area contributed by atoms with Gasteiger partial charge in [-0.15, -0.1) is 0 Å². The Morgan fingerprint density at radius 2 is 1.68 bits per heavy atom. The molecule has 0 radical (unpaired) electrons. The van der Waals surface area contributed by atoms with E-state index < -0.39 is 0 Å². The Balaban J connectivity index is 1.17. The molecule has 0 bridgehead atoms. The van der Waals surface area contributed by atoms with Gasteiger partial charge in [0.15, 0.2) is 0 Å². The molecule has 2 heterocycles. The summed E-state index contributed by atoms with van der Waals surface area (Å²) in [5.74, 6) is 1.95. The van der Waals surface area contributed by atoms with Gasteiger partial charge in [0.25, 0.3) is 0 Å². The molecule has 158 valence electrons. The lowest BCUT2D eigenvalue weighted by molar-refractivity contribution is -0.135. The number of rotatable bonds is 4. The maximum absolute atomic E-state index is 12.9. The maximum atomic E-state index is 12.9. The van der Waals surface area contributed by atoms with Crippen molar-refractivity contribution < 1.29 is 9.59 Å².